The Kier molecular flexibility index (Phi) is 4.15. The number of benzene rings is 1. The van der Waals surface area contributed by atoms with E-state index in [0.717, 1.165) is 10.6 Å². The second-order valence-electron chi connectivity index (χ2n) is 3.32. The Morgan fingerprint density at radius 1 is 1.29 bits per heavy atom. The van der Waals surface area contributed by atoms with Crippen molar-refractivity contribution in [1.82, 2.24) is 4.98 Å². The number of halogens is 2. The Bertz CT molecular complexity index is 519. The van der Waals surface area contributed by atoms with E-state index in [2.05, 4.69) is 20.9 Å². The first kappa shape index (κ1) is 12.5. The first-order valence-corrected chi connectivity index (χ1v) is 6.59. The van der Waals surface area contributed by atoms with Crippen molar-refractivity contribution < 1.29 is 4.39 Å². The molecule has 88 valence electrons. The summed E-state index contributed by atoms with van der Waals surface area (Å²) < 4.78 is 14.4. The fourth-order valence-corrected chi connectivity index (χ4v) is 2.78. The minimum absolute atomic E-state index is 0.288. The SMILES string of the molecule is NCc1ccc(Sc2ccccn2)c(F)c1Br. The lowest BCUT2D eigenvalue weighted by molar-refractivity contribution is 0.592. The number of hydrogen-bond acceptors (Lipinski definition) is 3. The first-order valence-electron chi connectivity index (χ1n) is 4.98. The van der Waals surface area contributed by atoms with Crippen LogP contribution in [0.3, 0.4) is 0 Å². The Balaban J connectivity index is 2.32. The van der Waals surface area contributed by atoms with Gasteiger partial charge in [0.1, 0.15) is 5.03 Å². The average molecular weight is 313 g/mol. The van der Waals surface area contributed by atoms with Gasteiger partial charge in [0.05, 0.1) is 9.37 Å². The largest absolute Gasteiger partial charge is 0.326 e. The Labute approximate surface area is 112 Å². The number of hydrogen-bond donors (Lipinski definition) is 1. The minimum atomic E-state index is -0.288. The Morgan fingerprint density at radius 2 is 2.12 bits per heavy atom. The van der Waals surface area contributed by atoms with Gasteiger partial charge in [-0.2, -0.15) is 0 Å². The molecule has 0 aliphatic carbocycles. The van der Waals surface area contributed by atoms with Crippen LogP contribution in [0.4, 0.5) is 4.39 Å². The van der Waals surface area contributed by atoms with Gasteiger partial charge in [-0.25, -0.2) is 9.37 Å². The topological polar surface area (TPSA) is 38.9 Å². The quantitative estimate of drug-likeness (QED) is 0.941. The Morgan fingerprint density at radius 3 is 2.76 bits per heavy atom. The van der Waals surface area contributed by atoms with Crippen LogP contribution in [0, 0.1) is 5.82 Å². The van der Waals surface area contributed by atoms with Crippen LogP contribution in [0.1, 0.15) is 5.56 Å². The second kappa shape index (κ2) is 5.62. The molecule has 0 unspecified atom stereocenters. The van der Waals surface area contributed by atoms with Gasteiger partial charge in [0.15, 0.2) is 5.82 Å². The molecule has 1 aromatic heterocycles. The molecule has 2 rings (SSSR count). The molecule has 2 nitrogen and oxygen atoms in total. The highest BCUT2D eigenvalue weighted by molar-refractivity contribution is 9.10. The number of nitrogens with zero attached hydrogens (tertiary/aromatic N) is 1. The van der Waals surface area contributed by atoms with Gasteiger partial charge in [-0.15, -0.1) is 0 Å². The first-order chi connectivity index (χ1) is 8.22. The second-order valence-corrected chi connectivity index (χ2v) is 5.18. The normalized spacial score (nSPS) is 10.5. The summed E-state index contributed by atoms with van der Waals surface area (Å²) in [7, 11) is 0. The van der Waals surface area contributed by atoms with E-state index in [0.29, 0.717) is 15.9 Å². The molecule has 0 bridgehead atoms. The number of nitrogens with two attached hydrogens (primary N) is 1. The molecule has 1 aromatic carbocycles. The van der Waals surface area contributed by atoms with Crippen molar-refractivity contribution >= 4 is 27.7 Å². The summed E-state index contributed by atoms with van der Waals surface area (Å²) in [6, 6.07) is 9.08. The van der Waals surface area contributed by atoms with Gasteiger partial charge < -0.3 is 5.73 Å². The molecule has 1 heterocycles. The van der Waals surface area contributed by atoms with Crippen LogP contribution in [0.25, 0.3) is 0 Å². The van der Waals surface area contributed by atoms with Gasteiger partial charge in [0.25, 0.3) is 0 Å². The van der Waals surface area contributed by atoms with E-state index in [1.54, 1.807) is 12.3 Å². The number of rotatable bonds is 3. The highest BCUT2D eigenvalue weighted by atomic mass is 79.9. The molecular formula is C12H10BrFN2S. The summed E-state index contributed by atoms with van der Waals surface area (Å²) in [5.41, 5.74) is 6.26. The lowest BCUT2D eigenvalue weighted by Gasteiger charge is -2.07. The molecule has 17 heavy (non-hydrogen) atoms. The molecule has 5 heteroatoms. The number of pyridine rings is 1. The van der Waals surface area contributed by atoms with Gasteiger partial charge >= 0.3 is 0 Å². The van der Waals surface area contributed by atoms with E-state index in [1.165, 1.54) is 11.8 Å². The van der Waals surface area contributed by atoms with Crippen LogP contribution in [0.15, 0.2) is 50.9 Å². The maximum atomic E-state index is 14.0. The third-order valence-corrected chi connectivity index (χ3v) is 4.04. The van der Waals surface area contributed by atoms with E-state index in [1.807, 2.05) is 24.3 Å². The maximum absolute atomic E-state index is 14.0. The molecular weight excluding hydrogens is 303 g/mol. The van der Waals surface area contributed by atoms with Crippen molar-refractivity contribution in [2.75, 3.05) is 0 Å². The van der Waals surface area contributed by atoms with Crippen LogP contribution >= 0.6 is 27.7 Å². The molecule has 0 radical (unpaired) electrons. The van der Waals surface area contributed by atoms with Gasteiger partial charge in [-0.1, -0.05) is 23.9 Å². The summed E-state index contributed by atoms with van der Waals surface area (Å²) in [5, 5.41) is 0.763. The van der Waals surface area contributed by atoms with Crippen LogP contribution in [-0.4, -0.2) is 4.98 Å². The van der Waals surface area contributed by atoms with Gasteiger partial charge in [0, 0.05) is 12.7 Å². The highest BCUT2D eigenvalue weighted by Crippen LogP contribution is 2.33. The number of aromatic nitrogens is 1. The zero-order valence-electron chi connectivity index (χ0n) is 8.86. The van der Waals surface area contributed by atoms with E-state index in [-0.39, 0.29) is 5.82 Å². The summed E-state index contributed by atoms with van der Waals surface area (Å²) >= 11 is 4.51. The zero-order chi connectivity index (χ0) is 12.3. The predicted molar refractivity (Wildman–Crippen MR) is 70.4 cm³/mol. The molecule has 0 saturated carbocycles. The van der Waals surface area contributed by atoms with Crippen LogP contribution in [0.5, 0.6) is 0 Å². The van der Waals surface area contributed by atoms with Gasteiger partial charge in [-0.3, -0.25) is 0 Å². The van der Waals surface area contributed by atoms with Crippen molar-refractivity contribution in [3.8, 4) is 0 Å². The van der Waals surface area contributed by atoms with Gasteiger partial charge in [0.2, 0.25) is 0 Å². The fourth-order valence-electron chi connectivity index (χ4n) is 1.33. The molecule has 0 aliphatic heterocycles. The molecule has 0 fully saturated rings. The molecule has 0 aliphatic rings. The predicted octanol–water partition coefficient (Wildman–Crippen LogP) is 3.59. The maximum Gasteiger partial charge on any atom is 0.151 e. The Hall–Kier alpha value is -0.910. The van der Waals surface area contributed by atoms with E-state index < -0.39 is 0 Å². The molecule has 0 saturated heterocycles. The lowest BCUT2D eigenvalue weighted by atomic mass is 10.2. The van der Waals surface area contributed by atoms with Crippen LogP contribution in [0.2, 0.25) is 0 Å². The third-order valence-electron chi connectivity index (χ3n) is 2.20. The third kappa shape index (κ3) is 2.86. The molecule has 2 N–H and O–H groups in total. The summed E-state index contributed by atoms with van der Waals surface area (Å²) in [4.78, 5) is 4.68. The monoisotopic (exact) mass is 312 g/mol. The smallest absolute Gasteiger partial charge is 0.151 e. The van der Waals surface area contributed by atoms with E-state index in [9.17, 15) is 4.39 Å². The highest BCUT2D eigenvalue weighted by Gasteiger charge is 2.11. The molecule has 0 amide bonds. The molecule has 0 spiro atoms. The fraction of sp³-hybridized carbons (Fsp3) is 0.0833. The van der Waals surface area contributed by atoms with Crippen molar-refractivity contribution in [3.63, 3.8) is 0 Å². The van der Waals surface area contributed by atoms with Crippen molar-refractivity contribution in [3.05, 3.63) is 52.4 Å². The van der Waals surface area contributed by atoms with Crippen molar-refractivity contribution in [2.45, 2.75) is 16.5 Å². The van der Waals surface area contributed by atoms with Crippen molar-refractivity contribution in [2.24, 2.45) is 5.73 Å². The van der Waals surface area contributed by atoms with Crippen LogP contribution in [-0.2, 0) is 6.54 Å². The van der Waals surface area contributed by atoms with Crippen LogP contribution < -0.4 is 5.73 Å². The molecule has 0 atom stereocenters. The zero-order valence-corrected chi connectivity index (χ0v) is 11.3. The summed E-state index contributed by atoms with van der Waals surface area (Å²) in [6.45, 7) is 0.312. The summed E-state index contributed by atoms with van der Waals surface area (Å²) in [5.74, 6) is -0.288. The average Bonchev–Trinajstić information content (AvgIpc) is 2.37. The van der Waals surface area contributed by atoms with E-state index in [4.69, 9.17) is 5.73 Å². The standard InChI is InChI=1S/C12H10BrFN2S/c13-11-8(7-15)4-5-9(12(11)14)17-10-3-1-2-6-16-10/h1-6H,7,15H2. The van der Waals surface area contributed by atoms with Gasteiger partial charge in [-0.05, 0) is 39.7 Å². The van der Waals surface area contributed by atoms with Crippen molar-refractivity contribution in [1.29, 1.82) is 0 Å². The molecule has 2 aromatic rings. The lowest BCUT2D eigenvalue weighted by Crippen LogP contribution is -1.99. The summed E-state index contributed by atoms with van der Waals surface area (Å²) in [6.07, 6.45) is 1.68. The van der Waals surface area contributed by atoms with E-state index >= 15 is 0 Å². The minimum Gasteiger partial charge on any atom is -0.326 e.